The summed E-state index contributed by atoms with van der Waals surface area (Å²) < 4.78 is 13.3. The van der Waals surface area contributed by atoms with Crippen LogP contribution < -0.4 is 21.7 Å². The van der Waals surface area contributed by atoms with Gasteiger partial charge in [-0.3, -0.25) is 19.4 Å². The Morgan fingerprint density at radius 2 is 1.89 bits per heavy atom. The summed E-state index contributed by atoms with van der Waals surface area (Å²) in [5, 5.41) is 8.53. The molecule has 1 aliphatic heterocycles. The summed E-state index contributed by atoms with van der Waals surface area (Å²) in [6, 6.07) is 8.70. The first-order chi connectivity index (χ1) is 16.6. The van der Waals surface area contributed by atoms with E-state index in [0.717, 1.165) is 12.1 Å². The number of amidine groups is 1. The minimum absolute atomic E-state index is 0.0191. The van der Waals surface area contributed by atoms with E-state index in [4.69, 9.17) is 17.3 Å². The molecule has 2 unspecified atom stereocenters. The molecule has 3 rings (SSSR count). The fraction of sp³-hybridized carbons (Fsp3) is 0.333. The van der Waals surface area contributed by atoms with Crippen LogP contribution in [0.4, 0.5) is 10.1 Å². The third kappa shape index (κ3) is 5.60. The second-order valence-corrected chi connectivity index (χ2v) is 8.79. The van der Waals surface area contributed by atoms with E-state index in [-0.39, 0.29) is 10.6 Å². The number of amides is 3. The number of aliphatic imine (C=N–C) groups is 1. The normalized spacial score (nSPS) is 19.1. The lowest BCUT2D eigenvalue weighted by molar-refractivity contribution is -0.131. The van der Waals surface area contributed by atoms with Crippen molar-refractivity contribution in [2.24, 2.45) is 10.7 Å². The number of likely N-dealkylation sites (N-methyl/N-ethyl adjacent to an activating group) is 1. The zero-order valence-electron chi connectivity index (χ0n) is 19.7. The van der Waals surface area contributed by atoms with Crippen LogP contribution in [0.25, 0.3) is 0 Å². The lowest BCUT2D eigenvalue weighted by atomic mass is 9.82. The lowest BCUT2D eigenvalue weighted by Crippen LogP contribution is -2.60. The molecule has 1 heterocycles. The Kier molecular flexibility index (Phi) is 8.08. The van der Waals surface area contributed by atoms with Gasteiger partial charge in [-0.25, -0.2) is 4.39 Å². The van der Waals surface area contributed by atoms with Gasteiger partial charge in [0.2, 0.25) is 5.91 Å². The molecule has 186 valence electrons. The highest BCUT2D eigenvalue weighted by Gasteiger charge is 2.53. The third-order valence-corrected chi connectivity index (χ3v) is 5.95. The fourth-order valence-corrected chi connectivity index (χ4v) is 4.03. The van der Waals surface area contributed by atoms with Crippen molar-refractivity contribution in [1.82, 2.24) is 15.5 Å². The lowest BCUT2D eigenvalue weighted by Gasteiger charge is -2.32. The highest BCUT2D eigenvalue weighted by Crippen LogP contribution is 2.33. The summed E-state index contributed by atoms with van der Waals surface area (Å²) in [6.45, 7) is 2.85. The maximum Gasteiger partial charge on any atom is 0.257 e. The molecule has 2 aromatic carbocycles. The molecule has 0 fully saturated rings. The van der Waals surface area contributed by atoms with Crippen LogP contribution in [0.5, 0.6) is 0 Å². The number of benzene rings is 2. The quantitative estimate of drug-likeness (QED) is 0.416. The smallest absolute Gasteiger partial charge is 0.257 e. The molecule has 5 N–H and O–H groups in total. The molecule has 1 aliphatic rings. The number of rotatable bonds is 9. The largest absolute Gasteiger partial charge is 0.367 e. The SMILES string of the molecule is CCC1=NC(C(=O)NCCN(C)C)C(C(N)=O)(c2ccc(NC(=O)c3ccc(F)cc3Cl)cc2)N1. The molecule has 35 heavy (non-hydrogen) atoms. The van der Waals surface area contributed by atoms with Crippen molar-refractivity contribution in [1.29, 1.82) is 0 Å². The van der Waals surface area contributed by atoms with Crippen LogP contribution in [0.3, 0.4) is 0 Å². The van der Waals surface area contributed by atoms with Gasteiger partial charge in [-0.1, -0.05) is 30.7 Å². The van der Waals surface area contributed by atoms with Gasteiger partial charge in [0, 0.05) is 25.2 Å². The highest BCUT2D eigenvalue weighted by molar-refractivity contribution is 6.34. The molecule has 0 saturated heterocycles. The van der Waals surface area contributed by atoms with Gasteiger partial charge in [-0.2, -0.15) is 0 Å². The minimum atomic E-state index is -1.59. The molecule has 2 aromatic rings. The van der Waals surface area contributed by atoms with Crippen molar-refractivity contribution < 1.29 is 18.8 Å². The number of nitrogens with two attached hydrogens (primary N) is 1. The van der Waals surface area contributed by atoms with Crippen LogP contribution in [-0.2, 0) is 15.1 Å². The number of hydrogen-bond donors (Lipinski definition) is 4. The average Bonchev–Trinajstić information content (AvgIpc) is 3.20. The van der Waals surface area contributed by atoms with Crippen LogP contribution in [0.2, 0.25) is 5.02 Å². The van der Waals surface area contributed by atoms with E-state index in [0.29, 0.717) is 36.6 Å². The van der Waals surface area contributed by atoms with Gasteiger partial charge >= 0.3 is 0 Å². The monoisotopic (exact) mass is 502 g/mol. The number of nitrogens with zero attached hydrogens (tertiary/aromatic N) is 2. The van der Waals surface area contributed by atoms with Crippen molar-refractivity contribution in [3.8, 4) is 0 Å². The van der Waals surface area contributed by atoms with E-state index in [2.05, 4.69) is 20.9 Å². The molecule has 3 amide bonds. The van der Waals surface area contributed by atoms with Gasteiger partial charge in [0.25, 0.3) is 11.8 Å². The number of halogens is 2. The molecular formula is C24H28ClFN6O3. The molecule has 0 aromatic heterocycles. The molecule has 0 radical (unpaired) electrons. The first-order valence-corrected chi connectivity index (χ1v) is 11.4. The summed E-state index contributed by atoms with van der Waals surface area (Å²) in [7, 11) is 3.77. The molecule has 0 bridgehead atoms. The van der Waals surface area contributed by atoms with Crippen molar-refractivity contribution >= 4 is 40.8 Å². The topological polar surface area (TPSA) is 129 Å². The number of hydrogen-bond acceptors (Lipinski definition) is 6. The van der Waals surface area contributed by atoms with E-state index < -0.39 is 35.1 Å². The Labute approximate surface area is 207 Å². The molecule has 0 saturated carbocycles. The summed E-state index contributed by atoms with van der Waals surface area (Å²) >= 11 is 5.97. The van der Waals surface area contributed by atoms with Gasteiger partial charge in [0.05, 0.1) is 16.4 Å². The van der Waals surface area contributed by atoms with E-state index in [9.17, 15) is 18.8 Å². The van der Waals surface area contributed by atoms with E-state index in [1.54, 1.807) is 24.3 Å². The van der Waals surface area contributed by atoms with Crippen LogP contribution in [0.1, 0.15) is 29.3 Å². The zero-order valence-corrected chi connectivity index (χ0v) is 20.4. The van der Waals surface area contributed by atoms with E-state index >= 15 is 0 Å². The van der Waals surface area contributed by atoms with Crippen molar-refractivity contribution in [3.63, 3.8) is 0 Å². The number of nitrogens with one attached hydrogen (secondary N) is 3. The van der Waals surface area contributed by atoms with Gasteiger partial charge in [0.1, 0.15) is 5.82 Å². The standard InChI is InChI=1S/C24H28ClFN6O3/c1-4-19-30-20(22(34)28-11-12-32(2)3)24(31-19,23(27)35)14-5-8-16(9-6-14)29-21(33)17-10-7-15(26)13-18(17)25/h5-10,13,20H,4,11-12H2,1-3H3,(H2,27,35)(H,28,34)(H,29,33)(H,30,31). The number of carbonyl (C=O) groups is 3. The average molecular weight is 503 g/mol. The molecule has 9 nitrogen and oxygen atoms in total. The van der Waals surface area contributed by atoms with Crippen LogP contribution in [-0.4, -0.2) is 61.7 Å². The fourth-order valence-electron chi connectivity index (χ4n) is 3.77. The van der Waals surface area contributed by atoms with E-state index in [1.807, 2.05) is 25.9 Å². The molecule has 0 aliphatic carbocycles. The predicted molar refractivity (Wildman–Crippen MR) is 133 cm³/mol. The maximum absolute atomic E-state index is 13.3. The Morgan fingerprint density at radius 3 is 2.46 bits per heavy atom. The van der Waals surface area contributed by atoms with E-state index in [1.165, 1.54) is 6.07 Å². The first kappa shape index (κ1) is 26.1. The van der Waals surface area contributed by atoms with Crippen molar-refractivity contribution in [2.75, 3.05) is 32.5 Å². The minimum Gasteiger partial charge on any atom is -0.367 e. The predicted octanol–water partition coefficient (Wildman–Crippen LogP) is 1.87. The highest BCUT2D eigenvalue weighted by atomic mass is 35.5. The second-order valence-electron chi connectivity index (χ2n) is 8.38. The molecule has 0 spiro atoms. The zero-order chi connectivity index (χ0) is 25.8. The Morgan fingerprint density at radius 1 is 1.20 bits per heavy atom. The van der Waals surface area contributed by atoms with Crippen LogP contribution in [0, 0.1) is 5.82 Å². The van der Waals surface area contributed by atoms with Gasteiger partial charge in [-0.05, 0) is 50.0 Å². The van der Waals surface area contributed by atoms with Crippen LogP contribution in [0.15, 0.2) is 47.5 Å². The Bertz CT molecular complexity index is 1150. The van der Waals surface area contributed by atoms with Crippen molar-refractivity contribution in [2.45, 2.75) is 24.9 Å². The third-order valence-electron chi connectivity index (χ3n) is 5.64. The Balaban J connectivity index is 1.86. The van der Waals surface area contributed by atoms with Crippen LogP contribution >= 0.6 is 11.6 Å². The molecular weight excluding hydrogens is 475 g/mol. The van der Waals surface area contributed by atoms with Gasteiger partial charge < -0.3 is 26.6 Å². The van der Waals surface area contributed by atoms with Crippen molar-refractivity contribution in [3.05, 3.63) is 64.4 Å². The summed E-state index contributed by atoms with van der Waals surface area (Å²) in [5.74, 6) is -1.77. The number of anilines is 1. The summed E-state index contributed by atoms with van der Waals surface area (Å²) in [6.07, 6.45) is 0.475. The second kappa shape index (κ2) is 10.8. The van der Waals surface area contributed by atoms with Gasteiger partial charge in [-0.15, -0.1) is 0 Å². The summed E-state index contributed by atoms with van der Waals surface area (Å²) in [4.78, 5) is 44.7. The summed E-state index contributed by atoms with van der Waals surface area (Å²) in [5.41, 5.74) is 5.18. The number of carbonyl (C=O) groups excluding carboxylic acids is 3. The maximum atomic E-state index is 13.3. The van der Waals surface area contributed by atoms with Gasteiger partial charge in [0.15, 0.2) is 11.6 Å². The first-order valence-electron chi connectivity index (χ1n) is 11.0. The molecule has 11 heteroatoms. The Hall–Kier alpha value is -3.50. The number of primary amides is 1. The molecule has 2 atom stereocenters.